The molecule has 0 spiro atoms. The summed E-state index contributed by atoms with van der Waals surface area (Å²) in [6, 6.07) is 77.0. The molecule has 0 aliphatic rings. The van der Waals surface area contributed by atoms with Gasteiger partial charge in [0, 0.05) is 43.1 Å². The second-order valence-corrected chi connectivity index (χ2v) is 25.1. The van der Waals surface area contributed by atoms with Crippen molar-refractivity contribution in [1.82, 2.24) is 19.9 Å². The highest BCUT2D eigenvalue weighted by molar-refractivity contribution is 7.14. The first kappa shape index (κ1) is 61.1. The predicted octanol–water partition coefficient (Wildman–Crippen LogP) is 23.1. The average molecular weight is 1240 g/mol. The van der Waals surface area contributed by atoms with Crippen molar-refractivity contribution >= 4 is 44.7 Å². The summed E-state index contributed by atoms with van der Waals surface area (Å²) in [5, 5.41) is 4.25. The van der Waals surface area contributed by atoms with Gasteiger partial charge in [-0.05, 0) is 142 Å². The molecule has 0 N–H and O–H groups in total. The Kier molecular flexibility index (Phi) is 19.3. The van der Waals surface area contributed by atoms with Gasteiger partial charge >= 0.3 is 0 Å². The van der Waals surface area contributed by atoms with Crippen LogP contribution >= 0.6 is 22.7 Å². The molecule has 4 heterocycles. The minimum absolute atomic E-state index is 0.707. The van der Waals surface area contributed by atoms with Crippen LogP contribution in [0.4, 0.5) is 0 Å². The van der Waals surface area contributed by atoms with Crippen molar-refractivity contribution in [2.24, 2.45) is 0 Å². The van der Waals surface area contributed by atoms with E-state index in [-0.39, 0.29) is 0 Å². The number of fused-ring (bicyclic) bond motifs is 2. The molecule has 13 aromatic rings. The van der Waals surface area contributed by atoms with Gasteiger partial charge in [-0.15, -0.1) is 22.7 Å². The molecule has 0 radical (unpaired) electrons. The van der Waals surface area contributed by atoms with Crippen molar-refractivity contribution < 1.29 is 18.9 Å². The quantitative estimate of drug-likeness (QED) is 0.0391. The predicted molar refractivity (Wildman–Crippen MR) is 384 cm³/mol. The fourth-order valence-corrected chi connectivity index (χ4v) is 13.0. The Labute approximate surface area is 548 Å². The Balaban J connectivity index is 1.00. The highest BCUT2D eigenvalue weighted by Crippen LogP contribution is 2.48. The highest BCUT2D eigenvalue weighted by Gasteiger charge is 2.28. The first-order chi connectivity index (χ1) is 45.4. The van der Waals surface area contributed by atoms with Crippen LogP contribution in [-0.4, -0.2) is 46.4 Å². The van der Waals surface area contributed by atoms with E-state index in [0.29, 0.717) is 26.4 Å². The molecule has 0 fully saturated rings. The van der Waals surface area contributed by atoms with Gasteiger partial charge in [0.05, 0.1) is 49.2 Å². The maximum atomic E-state index is 6.04. The molecule has 0 aliphatic carbocycles. The second kappa shape index (κ2) is 29.0. The molecule has 9 aromatic carbocycles. The standard InChI is InChI=1S/C82H74N4O4S2/c1-5-9-49-87-67-41-33-59(34-42-67)55-17-25-63(26-18-55)75-76(64-27-19-56(20-28-64)60-35-43-68(44-36-60)88-50-10-6-2)84-80-74(72-16-14-54-92-72)82-81(73(79(80)83-75)71-15-13-53-91-71)85-77(65-29-21-57(22-30-65)61-37-45-69(46-38-61)89-51-11-7-3)78(86-82)66-31-23-58(24-32-66)62-39-47-70(48-40-62)90-52-12-8-4/h13-48,53-54H,5-12,49-52H2,1-4H3. The Morgan fingerprint density at radius 3 is 0.630 bits per heavy atom. The zero-order valence-electron chi connectivity index (χ0n) is 52.7. The fraction of sp³-hybridized carbons (Fsp3) is 0.195. The molecule has 458 valence electrons. The number of thiophene rings is 2. The minimum Gasteiger partial charge on any atom is -0.494 e. The van der Waals surface area contributed by atoms with Gasteiger partial charge < -0.3 is 18.9 Å². The smallest absolute Gasteiger partial charge is 0.119 e. The van der Waals surface area contributed by atoms with E-state index >= 15 is 0 Å². The molecule has 0 amide bonds. The van der Waals surface area contributed by atoms with Crippen molar-refractivity contribution in [2.45, 2.75) is 79.1 Å². The maximum Gasteiger partial charge on any atom is 0.119 e. The van der Waals surface area contributed by atoms with E-state index in [4.69, 9.17) is 38.9 Å². The number of nitrogens with zero attached hydrogens (tertiary/aromatic N) is 4. The van der Waals surface area contributed by atoms with E-state index in [9.17, 15) is 0 Å². The average Bonchev–Trinajstić information content (AvgIpc) is 1.19. The highest BCUT2D eigenvalue weighted by atomic mass is 32.1. The number of hydrogen-bond acceptors (Lipinski definition) is 10. The molecule has 8 nitrogen and oxygen atoms in total. The van der Waals surface area contributed by atoms with E-state index in [1.54, 1.807) is 22.7 Å². The van der Waals surface area contributed by atoms with E-state index in [0.717, 1.165) is 207 Å². The summed E-state index contributed by atoms with van der Waals surface area (Å²) < 4.78 is 24.2. The Morgan fingerprint density at radius 2 is 0.446 bits per heavy atom. The third kappa shape index (κ3) is 13.6. The summed E-state index contributed by atoms with van der Waals surface area (Å²) in [7, 11) is 0. The molecule has 4 aromatic heterocycles. The lowest BCUT2D eigenvalue weighted by molar-refractivity contribution is 0.309. The topological polar surface area (TPSA) is 88.5 Å². The van der Waals surface area contributed by atoms with Crippen LogP contribution < -0.4 is 18.9 Å². The van der Waals surface area contributed by atoms with Gasteiger partial charge in [0.1, 0.15) is 45.1 Å². The van der Waals surface area contributed by atoms with Gasteiger partial charge in [0.2, 0.25) is 0 Å². The third-order valence-corrected chi connectivity index (χ3v) is 18.5. The zero-order valence-corrected chi connectivity index (χ0v) is 54.3. The lowest BCUT2D eigenvalue weighted by atomic mass is 9.95. The summed E-state index contributed by atoms with van der Waals surface area (Å²) in [6.45, 7) is 11.5. The van der Waals surface area contributed by atoms with E-state index in [1.165, 1.54) is 0 Å². The van der Waals surface area contributed by atoms with Gasteiger partial charge in [0.15, 0.2) is 0 Å². The molecule has 92 heavy (non-hydrogen) atoms. The lowest BCUT2D eigenvalue weighted by Gasteiger charge is -2.19. The molecule has 10 heteroatoms. The van der Waals surface area contributed by atoms with E-state index in [1.807, 2.05) is 0 Å². The Morgan fingerprint density at radius 1 is 0.250 bits per heavy atom. The van der Waals surface area contributed by atoms with Gasteiger partial charge in [-0.3, -0.25) is 0 Å². The molecule has 0 saturated heterocycles. The summed E-state index contributed by atoms with van der Waals surface area (Å²) in [5.41, 5.74) is 20.4. The maximum absolute atomic E-state index is 6.04. The molecule has 0 atom stereocenters. The third-order valence-electron chi connectivity index (χ3n) is 16.7. The largest absolute Gasteiger partial charge is 0.494 e. The van der Waals surface area contributed by atoms with Crippen LogP contribution in [0.15, 0.2) is 229 Å². The van der Waals surface area contributed by atoms with Crippen molar-refractivity contribution in [3.05, 3.63) is 229 Å². The van der Waals surface area contributed by atoms with Crippen LogP contribution in [0.5, 0.6) is 23.0 Å². The lowest BCUT2D eigenvalue weighted by Crippen LogP contribution is -2.03. The number of rotatable bonds is 26. The summed E-state index contributed by atoms with van der Waals surface area (Å²) in [4.78, 5) is 25.7. The normalized spacial score (nSPS) is 11.3. The molecular weight excluding hydrogens is 1170 g/mol. The van der Waals surface area contributed by atoms with E-state index < -0.39 is 0 Å². The van der Waals surface area contributed by atoms with Crippen LogP contribution in [0.1, 0.15) is 79.1 Å². The number of benzene rings is 9. The van der Waals surface area contributed by atoms with E-state index in [2.05, 4.69) is 257 Å². The molecule has 0 aliphatic heterocycles. The van der Waals surface area contributed by atoms with Crippen LogP contribution in [0.25, 0.3) is 132 Å². The molecule has 0 unspecified atom stereocenters. The summed E-state index contributed by atoms with van der Waals surface area (Å²) in [5.74, 6) is 3.51. The summed E-state index contributed by atoms with van der Waals surface area (Å²) >= 11 is 3.34. The van der Waals surface area contributed by atoms with Crippen LogP contribution in [0.2, 0.25) is 0 Å². The van der Waals surface area contributed by atoms with Crippen LogP contribution in [-0.2, 0) is 0 Å². The van der Waals surface area contributed by atoms with Gasteiger partial charge in [0.25, 0.3) is 0 Å². The van der Waals surface area contributed by atoms with Crippen molar-refractivity contribution in [3.8, 4) is 133 Å². The number of aromatic nitrogens is 4. The van der Waals surface area contributed by atoms with Crippen molar-refractivity contribution in [2.75, 3.05) is 26.4 Å². The number of ether oxygens (including phenoxy) is 4. The van der Waals surface area contributed by atoms with Crippen LogP contribution in [0, 0.1) is 0 Å². The fourth-order valence-electron chi connectivity index (χ4n) is 11.5. The number of hydrogen-bond donors (Lipinski definition) is 0. The van der Waals surface area contributed by atoms with Crippen molar-refractivity contribution in [3.63, 3.8) is 0 Å². The first-order valence-electron chi connectivity index (χ1n) is 32.4. The van der Waals surface area contributed by atoms with Gasteiger partial charge in [-0.25, -0.2) is 19.9 Å². The molecular formula is C82H74N4O4S2. The van der Waals surface area contributed by atoms with Gasteiger partial charge in [-0.2, -0.15) is 0 Å². The summed E-state index contributed by atoms with van der Waals surface area (Å²) in [6.07, 6.45) is 8.45. The molecule has 13 rings (SSSR count). The first-order valence-corrected chi connectivity index (χ1v) is 34.2. The van der Waals surface area contributed by atoms with Crippen molar-refractivity contribution in [1.29, 1.82) is 0 Å². The monoisotopic (exact) mass is 1240 g/mol. The molecule has 0 bridgehead atoms. The second-order valence-electron chi connectivity index (χ2n) is 23.2. The minimum atomic E-state index is 0.707. The van der Waals surface area contributed by atoms with Crippen LogP contribution in [0.3, 0.4) is 0 Å². The number of unbranched alkanes of at least 4 members (excludes halogenated alkanes) is 4. The zero-order chi connectivity index (χ0) is 62.6. The Hall–Kier alpha value is -9.74. The molecule has 0 saturated carbocycles. The van der Waals surface area contributed by atoms with Gasteiger partial charge in [-0.1, -0.05) is 211 Å². The SMILES string of the molecule is CCCCOc1ccc(-c2ccc(-c3nc4c(-c5cccs5)c5nc(-c6ccc(-c7ccc(OCCCC)cc7)cc6)c(-c6ccc(-c7ccc(OCCCC)cc7)cc6)nc5c(-c5cccs5)c4nc3-c3ccc(-c4ccc(OCCCC)cc4)cc3)cc2)cc1. The Bertz CT molecular complexity index is 3980.